The van der Waals surface area contributed by atoms with Gasteiger partial charge in [0.2, 0.25) is 0 Å². The zero-order chi connectivity index (χ0) is 20.9. The molecule has 2 heterocycles. The molecule has 3 aromatic rings. The van der Waals surface area contributed by atoms with Gasteiger partial charge in [-0.1, -0.05) is 12.1 Å². The maximum absolute atomic E-state index is 12.4. The van der Waals surface area contributed by atoms with Crippen LogP contribution >= 0.6 is 0 Å². The highest BCUT2D eigenvalue weighted by Gasteiger charge is 2.34. The Morgan fingerprint density at radius 2 is 1.57 bits per heavy atom. The molecule has 4 rings (SSSR count). The number of carbonyl (C=O) groups is 2. The van der Waals surface area contributed by atoms with Crippen LogP contribution in [0.4, 0.5) is 0 Å². The third-order valence-electron chi connectivity index (χ3n) is 4.76. The van der Waals surface area contributed by atoms with Crippen molar-refractivity contribution in [3.63, 3.8) is 0 Å². The second-order valence-corrected chi connectivity index (χ2v) is 6.74. The quantitative estimate of drug-likeness (QED) is 0.395. The van der Waals surface area contributed by atoms with Crippen LogP contribution in [-0.4, -0.2) is 57.2 Å². The van der Waals surface area contributed by atoms with Gasteiger partial charge in [0.05, 0.1) is 31.4 Å². The first-order chi connectivity index (χ1) is 14.7. The third kappa shape index (κ3) is 4.14. The number of methoxy groups -OCH3 is 1. The number of fused-ring (bicyclic) bond motifs is 1. The summed E-state index contributed by atoms with van der Waals surface area (Å²) >= 11 is 0. The van der Waals surface area contributed by atoms with E-state index >= 15 is 0 Å². The number of imide groups is 1. The van der Waals surface area contributed by atoms with Crippen LogP contribution in [0.5, 0.6) is 11.5 Å². The summed E-state index contributed by atoms with van der Waals surface area (Å²) in [7, 11) is 1.62. The predicted octanol–water partition coefficient (Wildman–Crippen LogP) is 1.99. The highest BCUT2D eigenvalue weighted by atomic mass is 16.5. The SMILES string of the molecule is COc1ccc(OCCCn2nnc(CCN3C(=O)c4ccccc4C3=O)n2)cc1. The first-order valence-electron chi connectivity index (χ1n) is 9.64. The number of amides is 2. The van der Waals surface area contributed by atoms with E-state index in [9.17, 15) is 9.59 Å². The molecule has 0 atom stereocenters. The minimum absolute atomic E-state index is 0.221. The zero-order valence-electron chi connectivity index (χ0n) is 16.5. The van der Waals surface area contributed by atoms with Crippen molar-refractivity contribution in [1.29, 1.82) is 0 Å². The first kappa shape index (κ1) is 19.6. The third-order valence-corrected chi connectivity index (χ3v) is 4.76. The van der Waals surface area contributed by atoms with Crippen molar-refractivity contribution in [3.05, 3.63) is 65.5 Å². The Morgan fingerprint density at radius 1 is 0.900 bits per heavy atom. The smallest absolute Gasteiger partial charge is 0.261 e. The summed E-state index contributed by atoms with van der Waals surface area (Å²) in [4.78, 5) is 27.5. The van der Waals surface area contributed by atoms with E-state index in [2.05, 4.69) is 15.4 Å². The van der Waals surface area contributed by atoms with Gasteiger partial charge in [-0.15, -0.1) is 10.2 Å². The number of carbonyl (C=O) groups excluding carboxylic acids is 2. The van der Waals surface area contributed by atoms with Crippen molar-refractivity contribution in [2.45, 2.75) is 19.4 Å². The Morgan fingerprint density at radius 3 is 2.23 bits per heavy atom. The van der Waals surface area contributed by atoms with E-state index < -0.39 is 0 Å². The highest BCUT2D eigenvalue weighted by molar-refractivity contribution is 6.21. The molecule has 0 fully saturated rings. The van der Waals surface area contributed by atoms with Crippen LogP contribution < -0.4 is 9.47 Å². The summed E-state index contributed by atoms with van der Waals surface area (Å²) in [6, 6.07) is 14.2. The molecule has 0 unspecified atom stereocenters. The van der Waals surface area contributed by atoms with E-state index in [-0.39, 0.29) is 18.4 Å². The number of nitrogens with zero attached hydrogens (tertiary/aromatic N) is 5. The molecular formula is C21H21N5O4. The van der Waals surface area contributed by atoms with Crippen LogP contribution in [0.15, 0.2) is 48.5 Å². The summed E-state index contributed by atoms with van der Waals surface area (Å²) < 4.78 is 10.8. The molecule has 0 bridgehead atoms. The van der Waals surface area contributed by atoms with Crippen molar-refractivity contribution in [1.82, 2.24) is 25.1 Å². The number of benzene rings is 2. The van der Waals surface area contributed by atoms with E-state index in [4.69, 9.17) is 9.47 Å². The minimum atomic E-state index is -0.279. The van der Waals surface area contributed by atoms with Crippen LogP contribution in [0.1, 0.15) is 33.0 Å². The number of hydrogen-bond donors (Lipinski definition) is 0. The van der Waals surface area contributed by atoms with Crippen molar-refractivity contribution >= 4 is 11.8 Å². The Kier molecular flexibility index (Phi) is 5.69. The molecule has 9 nitrogen and oxygen atoms in total. The van der Waals surface area contributed by atoms with Crippen LogP contribution in [0.3, 0.4) is 0 Å². The molecular weight excluding hydrogens is 386 g/mol. The lowest BCUT2D eigenvalue weighted by molar-refractivity contribution is 0.0655. The van der Waals surface area contributed by atoms with Crippen LogP contribution in [0, 0.1) is 0 Å². The van der Waals surface area contributed by atoms with Crippen LogP contribution in [-0.2, 0) is 13.0 Å². The molecule has 0 N–H and O–H groups in total. The van der Waals surface area contributed by atoms with Crippen LogP contribution in [0.25, 0.3) is 0 Å². The fourth-order valence-corrected chi connectivity index (χ4v) is 3.19. The van der Waals surface area contributed by atoms with Gasteiger partial charge in [-0.25, -0.2) is 0 Å². The topological polar surface area (TPSA) is 99.4 Å². The van der Waals surface area contributed by atoms with Gasteiger partial charge in [0, 0.05) is 19.4 Å². The summed E-state index contributed by atoms with van der Waals surface area (Å²) in [5.74, 6) is 1.48. The van der Waals surface area contributed by atoms with Crippen molar-refractivity contribution in [2.24, 2.45) is 0 Å². The van der Waals surface area contributed by atoms with Gasteiger partial charge < -0.3 is 9.47 Å². The average Bonchev–Trinajstić information content (AvgIpc) is 3.33. The molecule has 0 spiro atoms. The molecule has 154 valence electrons. The number of aromatic nitrogens is 4. The number of ether oxygens (including phenoxy) is 2. The molecule has 1 aliphatic rings. The van der Waals surface area contributed by atoms with Gasteiger partial charge in [0.25, 0.3) is 11.8 Å². The Labute approximate surface area is 173 Å². The standard InChI is InChI=1S/C21H21N5O4/c1-29-15-7-9-16(10-8-15)30-14-4-12-26-23-19(22-24-26)11-13-25-20(27)17-5-2-3-6-18(17)21(25)28/h2-3,5-10H,4,11-14H2,1H3. The van der Waals surface area contributed by atoms with Gasteiger partial charge in [-0.2, -0.15) is 4.80 Å². The van der Waals surface area contributed by atoms with E-state index in [0.29, 0.717) is 42.9 Å². The van der Waals surface area contributed by atoms with Crippen molar-refractivity contribution in [2.75, 3.05) is 20.3 Å². The number of tetrazole rings is 1. The van der Waals surface area contributed by atoms with Crippen molar-refractivity contribution in [3.8, 4) is 11.5 Å². The maximum atomic E-state index is 12.4. The van der Waals surface area contributed by atoms with Crippen molar-refractivity contribution < 1.29 is 19.1 Å². The lowest BCUT2D eigenvalue weighted by Gasteiger charge is -2.11. The van der Waals surface area contributed by atoms with E-state index in [0.717, 1.165) is 11.5 Å². The molecule has 1 aromatic heterocycles. The molecule has 2 amide bonds. The molecule has 9 heteroatoms. The monoisotopic (exact) mass is 407 g/mol. The summed E-state index contributed by atoms with van der Waals surface area (Å²) in [5, 5.41) is 12.3. The highest BCUT2D eigenvalue weighted by Crippen LogP contribution is 2.22. The Hall–Kier alpha value is -3.75. The van der Waals surface area contributed by atoms with E-state index in [1.54, 1.807) is 31.4 Å². The fourth-order valence-electron chi connectivity index (χ4n) is 3.19. The summed E-state index contributed by atoms with van der Waals surface area (Å²) in [6.07, 6.45) is 1.06. The summed E-state index contributed by atoms with van der Waals surface area (Å²) in [6.45, 7) is 1.28. The zero-order valence-corrected chi connectivity index (χ0v) is 16.5. The largest absolute Gasteiger partial charge is 0.497 e. The minimum Gasteiger partial charge on any atom is -0.497 e. The molecule has 1 aliphatic heterocycles. The van der Waals surface area contributed by atoms with Crippen LogP contribution in [0.2, 0.25) is 0 Å². The molecule has 2 aromatic carbocycles. The lowest BCUT2D eigenvalue weighted by atomic mass is 10.1. The molecule has 0 saturated heterocycles. The summed E-state index contributed by atoms with van der Waals surface area (Å²) in [5.41, 5.74) is 0.881. The van der Waals surface area contributed by atoms with Gasteiger partial charge in [0.15, 0.2) is 5.82 Å². The van der Waals surface area contributed by atoms with E-state index in [1.165, 1.54) is 9.70 Å². The first-order valence-corrected chi connectivity index (χ1v) is 9.64. The molecule has 0 radical (unpaired) electrons. The van der Waals surface area contributed by atoms with Gasteiger partial charge in [0.1, 0.15) is 11.5 Å². The number of rotatable bonds is 9. The number of hydrogen-bond acceptors (Lipinski definition) is 7. The predicted molar refractivity (Wildman–Crippen MR) is 106 cm³/mol. The Bertz CT molecular complexity index is 1010. The Balaban J connectivity index is 1.23. The lowest BCUT2D eigenvalue weighted by Crippen LogP contribution is -2.32. The second kappa shape index (κ2) is 8.73. The average molecular weight is 407 g/mol. The molecule has 0 saturated carbocycles. The van der Waals surface area contributed by atoms with Gasteiger partial charge in [-0.3, -0.25) is 14.5 Å². The van der Waals surface area contributed by atoms with E-state index in [1.807, 2.05) is 24.3 Å². The number of aryl methyl sites for hydroxylation is 1. The van der Waals surface area contributed by atoms with Gasteiger partial charge in [-0.05, 0) is 41.6 Å². The van der Waals surface area contributed by atoms with Gasteiger partial charge >= 0.3 is 0 Å². The second-order valence-electron chi connectivity index (χ2n) is 6.74. The maximum Gasteiger partial charge on any atom is 0.261 e. The fraction of sp³-hybridized carbons (Fsp3) is 0.286. The molecule has 30 heavy (non-hydrogen) atoms. The molecule has 0 aliphatic carbocycles. The normalized spacial score (nSPS) is 12.9.